The average Bonchev–Trinajstić information content (AvgIpc) is 2.87. The first-order valence-electron chi connectivity index (χ1n) is 4.88. The smallest absolute Gasteiger partial charge is 0.231 e. The van der Waals surface area contributed by atoms with Gasteiger partial charge in [0.2, 0.25) is 5.91 Å². The normalized spacial score (nSPS) is 32.4. The predicted molar refractivity (Wildman–Crippen MR) is 59.3 cm³/mol. The fourth-order valence-corrected chi connectivity index (χ4v) is 2.78. The lowest BCUT2D eigenvalue weighted by atomic mass is 9.94. The van der Waals surface area contributed by atoms with E-state index < -0.39 is 0 Å². The summed E-state index contributed by atoms with van der Waals surface area (Å²) in [5.41, 5.74) is 0.700. The lowest BCUT2D eigenvalue weighted by Gasteiger charge is -2.11. The fraction of sp³-hybridized carbons (Fsp3) is 0.364. The van der Waals surface area contributed by atoms with E-state index in [1.54, 1.807) is 6.07 Å². The third-order valence-corrected chi connectivity index (χ3v) is 4.19. The first kappa shape index (κ1) is 9.49. The summed E-state index contributed by atoms with van der Waals surface area (Å²) in [5, 5.41) is 3.93. The summed E-state index contributed by atoms with van der Waals surface area (Å²) >= 11 is 11.8. The van der Waals surface area contributed by atoms with Gasteiger partial charge in [-0.2, -0.15) is 0 Å². The molecule has 1 heterocycles. The third-order valence-electron chi connectivity index (χ3n) is 3.45. The number of amides is 1. The Bertz CT molecular complexity index is 460. The zero-order valence-electron chi connectivity index (χ0n) is 7.89. The van der Waals surface area contributed by atoms with E-state index in [2.05, 4.69) is 5.32 Å². The number of hydrogen-bond acceptors (Lipinski definition) is 1. The summed E-state index contributed by atoms with van der Waals surface area (Å²) in [6, 6.07) is 5.48. The maximum atomic E-state index is 11.7. The van der Waals surface area contributed by atoms with Crippen molar-refractivity contribution in [2.75, 3.05) is 6.54 Å². The SMILES string of the molecule is O=C1NCC2C[C@@]12c1ccc(Cl)c(Cl)c1. The molecule has 3 rings (SSSR count). The number of hydrogen-bond donors (Lipinski definition) is 1. The molecule has 15 heavy (non-hydrogen) atoms. The van der Waals surface area contributed by atoms with Crippen LogP contribution in [0.3, 0.4) is 0 Å². The molecule has 1 aliphatic heterocycles. The van der Waals surface area contributed by atoms with Gasteiger partial charge in [-0.15, -0.1) is 0 Å². The van der Waals surface area contributed by atoms with Gasteiger partial charge in [-0.3, -0.25) is 4.79 Å². The van der Waals surface area contributed by atoms with Crippen LogP contribution in [0.2, 0.25) is 10.0 Å². The van der Waals surface area contributed by atoms with E-state index in [0.717, 1.165) is 18.5 Å². The lowest BCUT2D eigenvalue weighted by Crippen LogP contribution is -2.27. The molecule has 1 saturated heterocycles. The van der Waals surface area contributed by atoms with Crippen LogP contribution in [0.25, 0.3) is 0 Å². The maximum Gasteiger partial charge on any atom is 0.231 e. The Hall–Kier alpha value is -0.730. The molecule has 2 nitrogen and oxygen atoms in total. The maximum absolute atomic E-state index is 11.7. The Morgan fingerprint density at radius 1 is 1.33 bits per heavy atom. The minimum Gasteiger partial charge on any atom is -0.355 e. The van der Waals surface area contributed by atoms with Crippen molar-refractivity contribution in [1.82, 2.24) is 5.32 Å². The van der Waals surface area contributed by atoms with Crippen molar-refractivity contribution in [3.8, 4) is 0 Å². The Kier molecular flexibility index (Phi) is 1.83. The molecule has 1 aliphatic carbocycles. The summed E-state index contributed by atoms with van der Waals surface area (Å²) < 4.78 is 0. The summed E-state index contributed by atoms with van der Waals surface area (Å²) in [6.45, 7) is 0.791. The van der Waals surface area contributed by atoms with Gasteiger partial charge in [-0.1, -0.05) is 29.3 Å². The van der Waals surface area contributed by atoms with Crippen LogP contribution in [0.5, 0.6) is 0 Å². The van der Waals surface area contributed by atoms with Crippen LogP contribution in [-0.4, -0.2) is 12.5 Å². The Labute approximate surface area is 97.6 Å². The van der Waals surface area contributed by atoms with Gasteiger partial charge in [0.15, 0.2) is 0 Å². The molecule has 2 fully saturated rings. The molecular formula is C11H9Cl2NO. The van der Waals surface area contributed by atoms with Crippen molar-refractivity contribution in [3.63, 3.8) is 0 Å². The van der Waals surface area contributed by atoms with Crippen LogP contribution >= 0.6 is 23.2 Å². The number of carbonyl (C=O) groups is 1. The van der Waals surface area contributed by atoms with Crippen LogP contribution in [0.15, 0.2) is 18.2 Å². The van der Waals surface area contributed by atoms with Gasteiger partial charge in [0.1, 0.15) is 0 Å². The summed E-state index contributed by atoms with van der Waals surface area (Å²) in [4.78, 5) is 11.7. The highest BCUT2D eigenvalue weighted by Gasteiger charge is 2.64. The number of fused-ring (bicyclic) bond motifs is 1. The molecule has 2 aliphatic rings. The van der Waals surface area contributed by atoms with Crippen LogP contribution < -0.4 is 5.32 Å². The zero-order chi connectivity index (χ0) is 10.6. The molecule has 0 bridgehead atoms. The number of benzene rings is 1. The van der Waals surface area contributed by atoms with E-state index >= 15 is 0 Å². The topological polar surface area (TPSA) is 29.1 Å². The second-order valence-corrected chi connectivity index (χ2v) is 5.03. The lowest BCUT2D eigenvalue weighted by molar-refractivity contribution is -0.122. The molecule has 78 valence electrons. The van der Waals surface area contributed by atoms with Crippen LogP contribution in [-0.2, 0) is 10.2 Å². The summed E-state index contributed by atoms with van der Waals surface area (Å²) in [6.07, 6.45) is 0.941. The van der Waals surface area contributed by atoms with Gasteiger partial charge in [-0.05, 0) is 30.0 Å². The highest BCUT2D eigenvalue weighted by atomic mass is 35.5. The largest absolute Gasteiger partial charge is 0.355 e. The highest BCUT2D eigenvalue weighted by molar-refractivity contribution is 6.42. The minimum atomic E-state index is -0.297. The monoisotopic (exact) mass is 241 g/mol. The van der Waals surface area contributed by atoms with E-state index in [1.807, 2.05) is 12.1 Å². The predicted octanol–water partition coefficient (Wildman–Crippen LogP) is 2.38. The van der Waals surface area contributed by atoms with Crippen molar-refractivity contribution < 1.29 is 4.79 Å². The average molecular weight is 242 g/mol. The van der Waals surface area contributed by atoms with E-state index in [4.69, 9.17) is 23.2 Å². The molecule has 1 aromatic rings. The molecule has 4 heteroatoms. The highest BCUT2D eigenvalue weighted by Crippen LogP contribution is 2.57. The van der Waals surface area contributed by atoms with E-state index in [-0.39, 0.29) is 11.3 Å². The van der Waals surface area contributed by atoms with Gasteiger partial charge >= 0.3 is 0 Å². The number of piperidine rings is 1. The van der Waals surface area contributed by atoms with Crippen molar-refractivity contribution in [1.29, 1.82) is 0 Å². The van der Waals surface area contributed by atoms with Crippen molar-refractivity contribution in [3.05, 3.63) is 33.8 Å². The van der Waals surface area contributed by atoms with Gasteiger partial charge in [-0.25, -0.2) is 0 Å². The molecule has 1 N–H and O–H groups in total. The van der Waals surface area contributed by atoms with E-state index in [0.29, 0.717) is 16.0 Å². The molecule has 1 unspecified atom stereocenters. The third kappa shape index (κ3) is 1.15. The van der Waals surface area contributed by atoms with E-state index in [9.17, 15) is 4.79 Å². The number of halogens is 2. The molecule has 0 radical (unpaired) electrons. The van der Waals surface area contributed by atoms with Crippen LogP contribution in [0, 0.1) is 5.92 Å². The van der Waals surface area contributed by atoms with E-state index in [1.165, 1.54) is 0 Å². The van der Waals surface area contributed by atoms with Gasteiger partial charge in [0, 0.05) is 6.54 Å². The standard InChI is InChI=1S/C11H9Cl2NO/c12-8-2-1-6(3-9(8)13)11-4-7(11)5-14-10(11)15/h1-3,7H,4-5H2,(H,14,15)/t7?,11-/m0/s1. The van der Waals surface area contributed by atoms with Gasteiger partial charge in [0.25, 0.3) is 0 Å². The van der Waals surface area contributed by atoms with Crippen molar-refractivity contribution >= 4 is 29.1 Å². The molecule has 0 spiro atoms. The molecule has 0 aromatic heterocycles. The zero-order valence-corrected chi connectivity index (χ0v) is 9.40. The van der Waals surface area contributed by atoms with Crippen LogP contribution in [0.4, 0.5) is 0 Å². The summed E-state index contributed by atoms with van der Waals surface area (Å²) in [7, 11) is 0. The second kappa shape index (κ2) is 2.89. The number of rotatable bonds is 1. The summed E-state index contributed by atoms with van der Waals surface area (Å²) in [5.74, 6) is 0.577. The quantitative estimate of drug-likeness (QED) is 0.804. The molecule has 1 saturated carbocycles. The van der Waals surface area contributed by atoms with Gasteiger partial charge in [0.05, 0.1) is 15.5 Å². The van der Waals surface area contributed by atoms with Gasteiger partial charge < -0.3 is 5.32 Å². The number of carbonyl (C=O) groups excluding carboxylic acids is 1. The molecule has 1 aromatic carbocycles. The first-order chi connectivity index (χ1) is 7.14. The van der Waals surface area contributed by atoms with Crippen molar-refractivity contribution in [2.24, 2.45) is 5.92 Å². The number of nitrogens with one attached hydrogen (secondary N) is 1. The first-order valence-corrected chi connectivity index (χ1v) is 5.64. The second-order valence-electron chi connectivity index (χ2n) is 4.21. The Morgan fingerprint density at radius 2 is 2.13 bits per heavy atom. The Balaban J connectivity index is 2.07. The fourth-order valence-electron chi connectivity index (χ4n) is 2.49. The molecule has 1 amide bonds. The van der Waals surface area contributed by atoms with Crippen LogP contribution in [0.1, 0.15) is 12.0 Å². The molecule has 2 atom stereocenters. The minimum absolute atomic E-state index is 0.130. The van der Waals surface area contributed by atoms with Crippen molar-refractivity contribution in [2.45, 2.75) is 11.8 Å². The Morgan fingerprint density at radius 3 is 2.67 bits per heavy atom. The molecular weight excluding hydrogens is 233 g/mol.